The molecule has 196 valence electrons. The standard InChI is InChI=1S/C13H18N2O2S.C10H9N3O2S.2CH3.Na/c16-18(13-1-2-13)15-11-3-5-14-12(8-11)7-10-4-6-17-9-10;1-2-15-9-5-11-3-7(13-9)8-4-12-10(6-14)16-8;;;/h3,5,8,10,13H,1-2,4,6-7,9H2,(H,14,15);3-6H,2H2,1H3;2*1H3;/q;;2*-1;+1. The molecule has 37 heavy (non-hydrogen) atoms. The van der Waals surface area contributed by atoms with Gasteiger partial charge in [-0.15, -0.1) is 11.3 Å². The summed E-state index contributed by atoms with van der Waals surface area (Å²) in [5, 5.41) is 0.781. The van der Waals surface area contributed by atoms with E-state index in [1.54, 1.807) is 24.8 Å². The van der Waals surface area contributed by atoms with Gasteiger partial charge >= 0.3 is 29.6 Å². The van der Waals surface area contributed by atoms with Crippen molar-refractivity contribution >= 4 is 34.3 Å². The number of carbonyl (C=O) groups excluding carboxylic acids is 1. The monoisotopic (exact) mass is 554 g/mol. The molecule has 0 radical (unpaired) electrons. The molecule has 0 aromatic carbocycles. The summed E-state index contributed by atoms with van der Waals surface area (Å²) in [5.41, 5.74) is 2.64. The van der Waals surface area contributed by atoms with Gasteiger partial charge in [0.05, 0.1) is 29.1 Å². The molecule has 0 spiro atoms. The maximum absolute atomic E-state index is 11.8. The molecule has 9 nitrogen and oxygen atoms in total. The van der Waals surface area contributed by atoms with Crippen LogP contribution in [0.1, 0.15) is 41.7 Å². The Balaban J connectivity index is 0.000000344. The Labute approximate surface area is 248 Å². The van der Waals surface area contributed by atoms with Crippen molar-refractivity contribution in [3.63, 3.8) is 0 Å². The maximum atomic E-state index is 11.8. The van der Waals surface area contributed by atoms with E-state index >= 15 is 0 Å². The predicted octanol–water partition coefficient (Wildman–Crippen LogP) is 1.61. The fourth-order valence-corrected chi connectivity index (χ4v) is 5.10. The summed E-state index contributed by atoms with van der Waals surface area (Å²) >= 11 is 1.28. The molecule has 1 aliphatic heterocycles. The Morgan fingerprint density at radius 2 is 2.03 bits per heavy atom. The molecule has 3 aromatic heterocycles. The predicted molar refractivity (Wildman–Crippen MR) is 144 cm³/mol. The van der Waals surface area contributed by atoms with Gasteiger partial charge in [0.25, 0.3) is 0 Å². The van der Waals surface area contributed by atoms with Crippen LogP contribution in [-0.4, -0.2) is 55.5 Å². The van der Waals surface area contributed by atoms with E-state index in [2.05, 4.69) is 24.7 Å². The second-order valence-electron chi connectivity index (χ2n) is 7.92. The Morgan fingerprint density at radius 3 is 2.68 bits per heavy atom. The van der Waals surface area contributed by atoms with Crippen LogP contribution in [0.5, 0.6) is 5.88 Å². The van der Waals surface area contributed by atoms with Gasteiger partial charge in [-0.25, -0.2) is 14.2 Å². The summed E-state index contributed by atoms with van der Waals surface area (Å²) in [7, 11) is -0.926. The van der Waals surface area contributed by atoms with Crippen LogP contribution in [-0.2, 0) is 22.1 Å². The smallest absolute Gasteiger partial charge is 0.477 e. The van der Waals surface area contributed by atoms with Crippen molar-refractivity contribution in [1.82, 2.24) is 19.9 Å². The van der Waals surface area contributed by atoms with Gasteiger partial charge in [-0.2, -0.15) is 0 Å². The quantitative estimate of drug-likeness (QED) is 0.241. The number of aromatic nitrogens is 4. The molecule has 12 heteroatoms. The van der Waals surface area contributed by atoms with Crippen LogP contribution in [0.3, 0.4) is 0 Å². The number of thiazole rings is 1. The third kappa shape index (κ3) is 10.5. The summed E-state index contributed by atoms with van der Waals surface area (Å²) in [4.78, 5) is 27.9. The van der Waals surface area contributed by atoms with E-state index in [4.69, 9.17) is 9.47 Å². The number of pyridine rings is 1. The van der Waals surface area contributed by atoms with Crippen molar-refractivity contribution in [1.29, 1.82) is 0 Å². The van der Waals surface area contributed by atoms with Crippen molar-refractivity contribution in [2.75, 3.05) is 24.5 Å². The van der Waals surface area contributed by atoms with Crippen molar-refractivity contribution < 1.29 is 48.0 Å². The second kappa shape index (κ2) is 17.0. The van der Waals surface area contributed by atoms with Crippen LogP contribution in [0.4, 0.5) is 5.69 Å². The Hall–Kier alpha value is -1.76. The summed E-state index contributed by atoms with van der Waals surface area (Å²) in [5.74, 6) is 1.06. The normalized spacial score (nSPS) is 16.5. The van der Waals surface area contributed by atoms with E-state index in [9.17, 15) is 9.00 Å². The summed E-state index contributed by atoms with van der Waals surface area (Å²) in [6.45, 7) is 4.13. The fourth-order valence-electron chi connectivity index (χ4n) is 3.32. The van der Waals surface area contributed by atoms with Crippen LogP contribution in [0, 0.1) is 20.8 Å². The zero-order valence-corrected chi connectivity index (χ0v) is 25.5. The molecule has 2 aliphatic rings. The van der Waals surface area contributed by atoms with E-state index in [0.29, 0.717) is 40.6 Å². The van der Waals surface area contributed by atoms with Crippen molar-refractivity contribution in [3.8, 4) is 16.5 Å². The number of nitrogens with one attached hydrogen (secondary N) is 1. The number of anilines is 1. The van der Waals surface area contributed by atoms with Gasteiger partial charge in [0.2, 0.25) is 5.88 Å². The molecular formula is C25H33N5NaO4S2-. The van der Waals surface area contributed by atoms with E-state index in [1.165, 1.54) is 11.3 Å². The van der Waals surface area contributed by atoms with Crippen LogP contribution >= 0.6 is 11.3 Å². The van der Waals surface area contributed by atoms with E-state index in [0.717, 1.165) is 55.2 Å². The first-order valence-corrected chi connectivity index (χ1v) is 13.2. The minimum atomic E-state index is -0.926. The number of nitrogens with zero attached hydrogens (tertiary/aromatic N) is 4. The molecule has 1 saturated heterocycles. The van der Waals surface area contributed by atoms with Gasteiger partial charge < -0.3 is 29.0 Å². The third-order valence-corrected chi connectivity index (χ3v) is 7.62. The van der Waals surface area contributed by atoms with Crippen LogP contribution in [0.25, 0.3) is 10.6 Å². The van der Waals surface area contributed by atoms with Crippen molar-refractivity contribution in [3.05, 3.63) is 62.5 Å². The number of hydrogen-bond donors (Lipinski definition) is 1. The van der Waals surface area contributed by atoms with Gasteiger partial charge in [0, 0.05) is 37.0 Å². The van der Waals surface area contributed by atoms with Crippen LogP contribution in [0.2, 0.25) is 0 Å². The topological polar surface area (TPSA) is 116 Å². The number of ether oxygens (including phenoxy) is 2. The summed E-state index contributed by atoms with van der Waals surface area (Å²) < 4.78 is 25.5. The first-order chi connectivity index (χ1) is 16.6. The fraction of sp³-hybridized carbons (Fsp3) is 0.400. The average molecular weight is 555 g/mol. The van der Waals surface area contributed by atoms with Gasteiger partial charge in [-0.1, -0.05) is 0 Å². The molecule has 4 heterocycles. The van der Waals surface area contributed by atoms with E-state index < -0.39 is 11.0 Å². The van der Waals surface area contributed by atoms with Crippen molar-refractivity contribution in [2.45, 2.75) is 37.9 Å². The minimum absolute atomic E-state index is 0. The zero-order valence-electron chi connectivity index (χ0n) is 21.9. The van der Waals surface area contributed by atoms with Crippen LogP contribution < -0.4 is 39.0 Å². The van der Waals surface area contributed by atoms with Gasteiger partial charge in [-0.3, -0.25) is 14.8 Å². The van der Waals surface area contributed by atoms with Gasteiger partial charge in [-0.05, 0) is 50.7 Å². The molecule has 2 fully saturated rings. The molecule has 0 bridgehead atoms. The third-order valence-electron chi connectivity index (χ3n) is 5.17. The van der Waals surface area contributed by atoms with E-state index in [1.807, 2.05) is 19.1 Å². The largest absolute Gasteiger partial charge is 1.00 e. The van der Waals surface area contributed by atoms with Gasteiger partial charge in [0.1, 0.15) is 16.7 Å². The summed E-state index contributed by atoms with van der Waals surface area (Å²) in [6, 6.07) is 3.90. The molecule has 0 amide bonds. The number of carbonyl (C=O) groups is 1. The molecule has 3 aromatic rings. The maximum Gasteiger partial charge on any atom is 1.00 e. The van der Waals surface area contributed by atoms with Crippen LogP contribution in [0.15, 0.2) is 36.9 Å². The van der Waals surface area contributed by atoms with Crippen molar-refractivity contribution in [2.24, 2.45) is 5.92 Å². The van der Waals surface area contributed by atoms with Gasteiger partial charge in [0.15, 0.2) is 11.3 Å². The minimum Gasteiger partial charge on any atom is -0.477 e. The Morgan fingerprint density at radius 1 is 1.22 bits per heavy atom. The molecular weight excluding hydrogens is 521 g/mol. The Kier molecular flexibility index (Phi) is 15.2. The zero-order chi connectivity index (χ0) is 23.8. The molecule has 1 N–H and O–H groups in total. The van der Waals surface area contributed by atoms with E-state index in [-0.39, 0.29) is 44.4 Å². The number of aldehydes is 1. The first-order valence-electron chi connectivity index (χ1n) is 11.2. The molecule has 2 atom stereocenters. The molecule has 5 rings (SSSR count). The second-order valence-corrected chi connectivity index (χ2v) is 10.5. The number of rotatable bonds is 9. The first kappa shape index (κ1) is 33.3. The summed E-state index contributed by atoms with van der Waals surface area (Å²) in [6.07, 6.45) is 11.5. The Bertz CT molecular complexity index is 1120. The SMILES string of the molecule is CCOc1cncc(-c2cnc(C=O)s2)n1.O=S(Nc1ccnc(CC2CCOC2)c1)C1CC1.[CH3-].[CH3-].[Na+]. The molecule has 1 aliphatic carbocycles. The molecule has 1 saturated carbocycles. The molecule has 2 unspecified atom stereocenters. The number of hydrogen-bond acceptors (Lipinski definition) is 9. The average Bonchev–Trinajstić information content (AvgIpc) is 3.37.